The highest BCUT2D eigenvalue weighted by molar-refractivity contribution is 5.85. The van der Waals surface area contributed by atoms with Gasteiger partial charge in [0, 0.05) is 0 Å². The van der Waals surface area contributed by atoms with Crippen molar-refractivity contribution in [2.24, 2.45) is 11.1 Å². The third-order valence-electron chi connectivity index (χ3n) is 1.83. The zero-order valence-electron chi connectivity index (χ0n) is 10.4. The molecule has 0 unspecified atom stereocenters. The van der Waals surface area contributed by atoms with Gasteiger partial charge >= 0.3 is 5.97 Å². The fourth-order valence-corrected chi connectivity index (χ4v) is 0.953. The monoisotopic (exact) mass is 237 g/mol. The molecule has 0 amide bonds. The molecule has 0 aromatic rings. The molecule has 0 rings (SSSR count). The summed E-state index contributed by atoms with van der Waals surface area (Å²) in [5.41, 5.74) is 5.00. The summed E-state index contributed by atoms with van der Waals surface area (Å²) < 4.78 is 5.04. The van der Waals surface area contributed by atoms with Gasteiger partial charge in [0.05, 0.1) is 6.61 Å². The third kappa shape index (κ3) is 10.0. The molecule has 0 aliphatic rings. The minimum absolute atomic E-state index is 0. The number of esters is 1. The number of ether oxygens (including phenoxy) is 1. The molecule has 0 heterocycles. The van der Waals surface area contributed by atoms with Gasteiger partial charge in [-0.25, -0.2) is 0 Å². The largest absolute Gasteiger partial charge is 0.464 e. The normalized spacial score (nSPS) is 11.9. The lowest BCUT2D eigenvalue weighted by Gasteiger charge is -2.19. The van der Waals surface area contributed by atoms with Crippen molar-refractivity contribution in [2.45, 2.75) is 53.0 Å². The topological polar surface area (TPSA) is 52.3 Å². The zero-order chi connectivity index (χ0) is 11.4. The molecule has 0 saturated carbocycles. The average molecular weight is 238 g/mol. The highest BCUT2D eigenvalue weighted by atomic mass is 35.5. The maximum absolute atomic E-state index is 11.2. The SMILES string of the molecule is CC(C)(C)CCCOC(=O)C(C)(C)N.Cl. The first kappa shape index (κ1) is 17.1. The summed E-state index contributed by atoms with van der Waals surface area (Å²) in [6.45, 7) is 10.3. The van der Waals surface area contributed by atoms with Gasteiger partial charge in [-0.1, -0.05) is 20.8 Å². The van der Waals surface area contributed by atoms with Gasteiger partial charge < -0.3 is 10.5 Å². The van der Waals surface area contributed by atoms with E-state index in [2.05, 4.69) is 20.8 Å². The standard InChI is InChI=1S/C11H23NO2.ClH/c1-10(2,3)7-6-8-14-9(13)11(4,5)12;/h6-8,12H2,1-5H3;1H. The van der Waals surface area contributed by atoms with E-state index in [9.17, 15) is 4.79 Å². The van der Waals surface area contributed by atoms with Crippen molar-refractivity contribution in [1.29, 1.82) is 0 Å². The van der Waals surface area contributed by atoms with Crippen LogP contribution in [0.25, 0.3) is 0 Å². The Morgan fingerprint density at radius 1 is 1.20 bits per heavy atom. The van der Waals surface area contributed by atoms with Crippen molar-refractivity contribution < 1.29 is 9.53 Å². The summed E-state index contributed by atoms with van der Waals surface area (Å²) in [7, 11) is 0. The Kier molecular flexibility index (Phi) is 7.23. The lowest BCUT2D eigenvalue weighted by Crippen LogP contribution is -2.42. The van der Waals surface area contributed by atoms with E-state index in [1.54, 1.807) is 13.8 Å². The summed E-state index contributed by atoms with van der Waals surface area (Å²) >= 11 is 0. The van der Waals surface area contributed by atoms with Crippen LogP contribution in [0.5, 0.6) is 0 Å². The highest BCUT2D eigenvalue weighted by Crippen LogP contribution is 2.20. The van der Waals surface area contributed by atoms with Crippen molar-refractivity contribution in [3.05, 3.63) is 0 Å². The van der Waals surface area contributed by atoms with Crippen LogP contribution < -0.4 is 5.73 Å². The molecule has 0 saturated heterocycles. The Hall–Kier alpha value is -0.280. The van der Waals surface area contributed by atoms with Gasteiger partial charge in [0.15, 0.2) is 0 Å². The van der Waals surface area contributed by atoms with Crippen LogP contribution in [0.1, 0.15) is 47.5 Å². The van der Waals surface area contributed by atoms with Crippen LogP contribution in [0, 0.1) is 5.41 Å². The molecule has 92 valence electrons. The fraction of sp³-hybridized carbons (Fsp3) is 0.909. The van der Waals surface area contributed by atoms with Crippen LogP contribution in [0.15, 0.2) is 0 Å². The molecule has 0 aromatic heterocycles. The van der Waals surface area contributed by atoms with Crippen LogP contribution in [-0.4, -0.2) is 18.1 Å². The molecule has 0 bridgehead atoms. The second-order valence-corrected chi connectivity index (χ2v) is 5.52. The van der Waals surface area contributed by atoms with E-state index in [4.69, 9.17) is 10.5 Å². The highest BCUT2D eigenvalue weighted by Gasteiger charge is 2.23. The molecule has 0 aromatic carbocycles. The van der Waals surface area contributed by atoms with Crippen LogP contribution in [-0.2, 0) is 9.53 Å². The van der Waals surface area contributed by atoms with Crippen LogP contribution in [0.3, 0.4) is 0 Å². The number of hydrogen-bond acceptors (Lipinski definition) is 3. The number of rotatable bonds is 4. The van der Waals surface area contributed by atoms with E-state index in [0.717, 1.165) is 12.8 Å². The number of halogens is 1. The summed E-state index contributed by atoms with van der Waals surface area (Å²) in [6.07, 6.45) is 1.94. The summed E-state index contributed by atoms with van der Waals surface area (Å²) in [6, 6.07) is 0. The Labute approximate surface area is 99.2 Å². The lowest BCUT2D eigenvalue weighted by molar-refractivity contribution is -0.149. The lowest BCUT2D eigenvalue weighted by atomic mass is 9.91. The average Bonchev–Trinajstić information content (AvgIpc) is 1.93. The van der Waals surface area contributed by atoms with Gasteiger partial charge in [-0.05, 0) is 32.1 Å². The van der Waals surface area contributed by atoms with Crippen molar-refractivity contribution in [3.8, 4) is 0 Å². The Bertz CT molecular complexity index is 192. The van der Waals surface area contributed by atoms with Gasteiger partial charge in [0.2, 0.25) is 0 Å². The first-order valence-electron chi connectivity index (χ1n) is 5.09. The van der Waals surface area contributed by atoms with Crippen LogP contribution in [0.4, 0.5) is 0 Å². The zero-order valence-corrected chi connectivity index (χ0v) is 11.2. The quantitative estimate of drug-likeness (QED) is 0.604. The van der Waals surface area contributed by atoms with E-state index in [1.807, 2.05) is 0 Å². The maximum atomic E-state index is 11.2. The van der Waals surface area contributed by atoms with Crippen LogP contribution in [0.2, 0.25) is 0 Å². The molecule has 0 aliphatic carbocycles. The second-order valence-electron chi connectivity index (χ2n) is 5.52. The first-order chi connectivity index (χ1) is 6.13. The molecule has 15 heavy (non-hydrogen) atoms. The van der Waals surface area contributed by atoms with Crippen molar-refractivity contribution in [1.82, 2.24) is 0 Å². The van der Waals surface area contributed by atoms with Gasteiger partial charge in [-0.2, -0.15) is 0 Å². The predicted octanol–water partition coefficient (Wildman–Crippen LogP) is 2.52. The minimum atomic E-state index is -0.873. The van der Waals surface area contributed by atoms with Crippen molar-refractivity contribution in [2.75, 3.05) is 6.61 Å². The van der Waals surface area contributed by atoms with Crippen molar-refractivity contribution in [3.63, 3.8) is 0 Å². The van der Waals surface area contributed by atoms with E-state index < -0.39 is 5.54 Å². The fourth-order valence-electron chi connectivity index (χ4n) is 0.953. The molecular formula is C11H24ClNO2. The van der Waals surface area contributed by atoms with E-state index in [-0.39, 0.29) is 18.4 Å². The smallest absolute Gasteiger partial charge is 0.325 e. The van der Waals surface area contributed by atoms with Gasteiger partial charge in [-0.3, -0.25) is 4.79 Å². The first-order valence-corrected chi connectivity index (χ1v) is 5.09. The molecule has 0 fully saturated rings. The molecule has 0 spiro atoms. The van der Waals surface area contributed by atoms with E-state index in [1.165, 1.54) is 0 Å². The number of carbonyl (C=O) groups excluding carboxylic acids is 1. The number of nitrogens with two attached hydrogens (primary N) is 1. The molecule has 3 nitrogen and oxygen atoms in total. The Morgan fingerprint density at radius 3 is 2.00 bits per heavy atom. The predicted molar refractivity (Wildman–Crippen MR) is 65.2 cm³/mol. The van der Waals surface area contributed by atoms with Gasteiger partial charge in [0.25, 0.3) is 0 Å². The minimum Gasteiger partial charge on any atom is -0.464 e. The molecule has 0 radical (unpaired) electrons. The van der Waals surface area contributed by atoms with E-state index >= 15 is 0 Å². The summed E-state index contributed by atoms with van der Waals surface area (Å²) in [5, 5.41) is 0. The molecule has 2 N–H and O–H groups in total. The van der Waals surface area contributed by atoms with Gasteiger partial charge in [-0.15, -0.1) is 12.4 Å². The number of hydrogen-bond donors (Lipinski definition) is 1. The number of carbonyl (C=O) groups is 1. The third-order valence-corrected chi connectivity index (χ3v) is 1.83. The van der Waals surface area contributed by atoms with E-state index in [0.29, 0.717) is 12.0 Å². The Balaban J connectivity index is 0. The molecule has 0 atom stereocenters. The van der Waals surface area contributed by atoms with Crippen molar-refractivity contribution >= 4 is 18.4 Å². The van der Waals surface area contributed by atoms with Gasteiger partial charge in [0.1, 0.15) is 5.54 Å². The maximum Gasteiger partial charge on any atom is 0.325 e. The molecule has 0 aliphatic heterocycles. The summed E-state index contributed by atoms with van der Waals surface area (Å²) in [4.78, 5) is 11.2. The second kappa shape index (κ2) is 6.33. The molecule has 4 heteroatoms. The molecular weight excluding hydrogens is 214 g/mol. The van der Waals surface area contributed by atoms with Crippen LogP contribution >= 0.6 is 12.4 Å². The summed E-state index contributed by atoms with van der Waals surface area (Å²) in [5.74, 6) is -0.327. The Morgan fingerprint density at radius 2 is 1.67 bits per heavy atom.